The molecule has 0 saturated carbocycles. The van der Waals surface area contributed by atoms with Gasteiger partial charge in [0.25, 0.3) is 0 Å². The Kier molecular flexibility index (Phi) is 6.61. The second-order valence-electron chi connectivity index (χ2n) is 12.5. The summed E-state index contributed by atoms with van der Waals surface area (Å²) in [5.74, 6) is -1.99. The molecular weight excluding hydrogens is 587 g/mol. The highest BCUT2D eigenvalue weighted by Crippen LogP contribution is 2.47. The van der Waals surface area contributed by atoms with Gasteiger partial charge in [-0.2, -0.15) is 18.2 Å². The molecule has 7 rings (SSSR count). The topological polar surface area (TPSA) is 116 Å². The molecule has 4 aliphatic heterocycles. The van der Waals surface area contributed by atoms with Crippen molar-refractivity contribution >= 4 is 28.4 Å². The van der Waals surface area contributed by atoms with E-state index in [4.69, 9.17) is 15.5 Å². The number of hydrogen-bond acceptors (Lipinski definition) is 10. The van der Waals surface area contributed by atoms with Crippen molar-refractivity contribution in [3.05, 3.63) is 28.8 Å². The minimum Gasteiger partial charge on any atom is -0.472 e. The molecule has 4 aliphatic rings. The Hall–Kier alpha value is -3.56. The average molecular weight is 621 g/mol. The van der Waals surface area contributed by atoms with E-state index in [1.165, 1.54) is 0 Å². The van der Waals surface area contributed by atoms with Crippen molar-refractivity contribution < 1.29 is 31.8 Å². The fourth-order valence-electron chi connectivity index (χ4n) is 7.43. The van der Waals surface area contributed by atoms with Crippen molar-refractivity contribution in [3.8, 4) is 17.1 Å². The van der Waals surface area contributed by atoms with Crippen LogP contribution in [-0.2, 0) is 6.18 Å². The number of aliphatic hydroxyl groups excluding tert-OH is 1. The number of likely N-dealkylation sites (N-methyl/N-ethyl adjacent to an activating group) is 1. The van der Waals surface area contributed by atoms with Crippen molar-refractivity contribution in [1.82, 2.24) is 25.2 Å². The van der Waals surface area contributed by atoms with Gasteiger partial charge < -0.3 is 35.6 Å². The van der Waals surface area contributed by atoms with Gasteiger partial charge in [0.2, 0.25) is 11.8 Å². The second kappa shape index (κ2) is 9.97. The maximum absolute atomic E-state index is 16.8. The fraction of sp³-hybridized carbons (Fsp3) is 0.552. The molecule has 0 radical (unpaired) electrons. The molecule has 0 aliphatic carbocycles. The van der Waals surface area contributed by atoms with Gasteiger partial charge >= 0.3 is 6.18 Å². The van der Waals surface area contributed by atoms with E-state index in [9.17, 15) is 22.7 Å². The summed E-state index contributed by atoms with van der Waals surface area (Å²) in [5, 5.41) is 14.5. The zero-order valence-corrected chi connectivity index (χ0v) is 24.6. The number of nitrogens with zero attached hydrogens (tertiary/aromatic N) is 6. The lowest BCUT2D eigenvalue weighted by Gasteiger charge is -2.43. The van der Waals surface area contributed by atoms with Gasteiger partial charge in [0, 0.05) is 37.3 Å². The van der Waals surface area contributed by atoms with E-state index in [1.54, 1.807) is 4.90 Å². The number of pyridine rings is 1. The predicted octanol–water partition coefficient (Wildman–Crippen LogP) is 3.08. The number of piperazine rings is 1. The highest BCUT2D eigenvalue weighted by molar-refractivity contribution is 5.98. The lowest BCUT2D eigenvalue weighted by molar-refractivity contribution is -0.137. The van der Waals surface area contributed by atoms with Gasteiger partial charge in [0.15, 0.2) is 5.82 Å². The van der Waals surface area contributed by atoms with Crippen LogP contribution in [0.5, 0.6) is 5.88 Å². The molecule has 44 heavy (non-hydrogen) atoms. The molecule has 236 valence electrons. The first-order chi connectivity index (χ1) is 20.7. The summed E-state index contributed by atoms with van der Waals surface area (Å²) >= 11 is 0. The van der Waals surface area contributed by atoms with Crippen LogP contribution < -0.4 is 25.6 Å². The highest BCUT2D eigenvalue weighted by atomic mass is 19.4. The number of aliphatic hydroxyl groups is 1. The Labute approximate surface area is 250 Å². The van der Waals surface area contributed by atoms with Gasteiger partial charge in [-0.3, -0.25) is 0 Å². The number of anilines is 3. The van der Waals surface area contributed by atoms with E-state index in [1.807, 2.05) is 25.9 Å². The Bertz CT molecular complexity index is 1670. The van der Waals surface area contributed by atoms with Gasteiger partial charge in [0.1, 0.15) is 34.3 Å². The number of rotatable bonds is 3. The summed E-state index contributed by atoms with van der Waals surface area (Å²) in [4.78, 5) is 19.5. The lowest BCUT2D eigenvalue weighted by atomic mass is 9.96. The molecular formula is C29H33F5N8O2. The molecule has 3 saturated heterocycles. The van der Waals surface area contributed by atoms with Gasteiger partial charge in [-0.1, -0.05) is 0 Å². The van der Waals surface area contributed by atoms with Crippen molar-refractivity contribution in [2.24, 2.45) is 0 Å². The number of halogens is 5. The predicted molar refractivity (Wildman–Crippen MR) is 154 cm³/mol. The lowest BCUT2D eigenvalue weighted by Crippen LogP contribution is -2.62. The van der Waals surface area contributed by atoms with Crippen LogP contribution in [0.25, 0.3) is 22.2 Å². The van der Waals surface area contributed by atoms with Crippen LogP contribution in [0.2, 0.25) is 0 Å². The zero-order valence-electron chi connectivity index (χ0n) is 24.6. The van der Waals surface area contributed by atoms with E-state index in [0.29, 0.717) is 18.9 Å². The van der Waals surface area contributed by atoms with E-state index in [0.717, 1.165) is 25.8 Å². The number of alkyl halides is 3. The molecule has 0 spiro atoms. The first-order valence-electron chi connectivity index (χ1n) is 14.6. The van der Waals surface area contributed by atoms with Crippen LogP contribution in [0.4, 0.5) is 39.4 Å². The van der Waals surface area contributed by atoms with Gasteiger partial charge in [-0.25, -0.2) is 18.7 Å². The molecule has 6 atom stereocenters. The summed E-state index contributed by atoms with van der Waals surface area (Å²) in [6, 6.07) is 0.491. The maximum Gasteiger partial charge on any atom is 0.417 e. The quantitative estimate of drug-likeness (QED) is 0.298. The monoisotopic (exact) mass is 620 g/mol. The molecule has 3 fully saturated rings. The number of nitrogen functional groups attached to an aromatic ring is 1. The van der Waals surface area contributed by atoms with E-state index in [2.05, 4.69) is 20.2 Å². The van der Waals surface area contributed by atoms with Crippen molar-refractivity contribution in [2.75, 3.05) is 49.3 Å². The van der Waals surface area contributed by atoms with E-state index < -0.39 is 58.1 Å². The first-order valence-corrected chi connectivity index (χ1v) is 14.6. The van der Waals surface area contributed by atoms with Crippen molar-refractivity contribution in [2.45, 2.75) is 69.2 Å². The highest BCUT2D eigenvalue weighted by Gasteiger charge is 2.48. The molecule has 0 amide bonds. The number of ether oxygens (including phenoxy) is 1. The number of nitrogens with one attached hydrogen (secondary N) is 1. The second-order valence-corrected chi connectivity index (χ2v) is 12.5. The number of fused-ring (bicyclic) bond motifs is 5. The molecule has 4 N–H and O–H groups in total. The van der Waals surface area contributed by atoms with E-state index >= 15 is 4.39 Å². The molecule has 6 heterocycles. The van der Waals surface area contributed by atoms with Crippen LogP contribution >= 0.6 is 0 Å². The Morgan fingerprint density at radius 2 is 1.84 bits per heavy atom. The summed E-state index contributed by atoms with van der Waals surface area (Å²) in [6.45, 7) is 3.87. The maximum atomic E-state index is 16.8. The third-order valence-corrected chi connectivity index (χ3v) is 9.51. The summed E-state index contributed by atoms with van der Waals surface area (Å²) in [5.41, 5.74) is 1.35. The SMILES string of the molecule is Cc1c(F)c(N)cc(-c2nc3c4c(nc(N5C[C@H](O)[C@@H](N(C)C)C5)nc4c2F)N2C[C@H]4CC[C@H](N4)[C@H]2[C@H](C)O3)c1C(F)(F)F. The Balaban J connectivity index is 1.51. The number of nitrogens with two attached hydrogens (primary N) is 1. The normalized spacial score (nSPS) is 28.1. The first kappa shape index (κ1) is 29.2. The Morgan fingerprint density at radius 3 is 2.52 bits per heavy atom. The number of β-amino-alcohol motifs (C(OH)–C–C–N with tert-alkyl or cyclic N) is 1. The molecule has 0 unspecified atom stereocenters. The van der Waals surface area contributed by atoms with Crippen molar-refractivity contribution in [3.63, 3.8) is 0 Å². The van der Waals surface area contributed by atoms with Crippen molar-refractivity contribution in [1.29, 1.82) is 0 Å². The van der Waals surface area contributed by atoms with Gasteiger partial charge in [-0.15, -0.1) is 0 Å². The molecule has 3 aromatic rings. The van der Waals surface area contributed by atoms with Crippen LogP contribution in [0.15, 0.2) is 6.07 Å². The zero-order chi connectivity index (χ0) is 31.4. The van der Waals surface area contributed by atoms with Gasteiger partial charge in [0.05, 0.1) is 29.4 Å². The molecule has 1 aromatic carbocycles. The number of benzene rings is 1. The third-order valence-electron chi connectivity index (χ3n) is 9.51. The standard InChI is InChI=1S/C29H33F5N8O2/c1-11-20(29(32,33)34)14(7-15(35)21(11)30)23-22(31)24-19-26(39-28(38-24)41-9-17(40(3)4)18(43)10-41)42-8-13-5-6-16(36-13)25(42)12(2)44-27(19)37-23/h7,12-13,16-18,25,36,43H,5-6,8-10,35H2,1-4H3/t12-,13+,16-,17-,18-,25+/m0/s1. The fourth-order valence-corrected chi connectivity index (χ4v) is 7.43. The van der Waals surface area contributed by atoms with Crippen LogP contribution in [0.3, 0.4) is 0 Å². The number of hydrogen-bond donors (Lipinski definition) is 3. The minimum absolute atomic E-state index is 0.0407. The third kappa shape index (κ3) is 4.34. The smallest absolute Gasteiger partial charge is 0.417 e. The molecule has 15 heteroatoms. The average Bonchev–Trinajstić information content (AvgIpc) is 3.50. The molecule has 10 nitrogen and oxygen atoms in total. The van der Waals surface area contributed by atoms with E-state index in [-0.39, 0.29) is 53.4 Å². The summed E-state index contributed by atoms with van der Waals surface area (Å²) in [6.07, 6.45) is -4.46. The van der Waals surface area contributed by atoms with Crippen LogP contribution in [0, 0.1) is 18.6 Å². The molecule has 2 aromatic heterocycles. The van der Waals surface area contributed by atoms with Crippen LogP contribution in [-0.4, -0.2) is 95.1 Å². The number of aromatic nitrogens is 3. The van der Waals surface area contributed by atoms with Gasteiger partial charge in [-0.05, 0) is 52.4 Å². The molecule has 2 bridgehead atoms. The summed E-state index contributed by atoms with van der Waals surface area (Å²) in [7, 11) is 3.68. The van der Waals surface area contributed by atoms with Crippen LogP contribution in [0.1, 0.15) is 30.9 Å². The summed E-state index contributed by atoms with van der Waals surface area (Å²) < 4.78 is 80.8. The minimum atomic E-state index is -5.04. The Morgan fingerprint density at radius 1 is 1.09 bits per heavy atom. The largest absolute Gasteiger partial charge is 0.472 e.